The highest BCUT2D eigenvalue weighted by Gasteiger charge is 2.22. The van der Waals surface area contributed by atoms with E-state index in [2.05, 4.69) is 29.0 Å². The summed E-state index contributed by atoms with van der Waals surface area (Å²) in [5.41, 5.74) is 0. The van der Waals surface area contributed by atoms with E-state index in [0.29, 0.717) is 6.04 Å². The highest BCUT2D eigenvalue weighted by molar-refractivity contribution is 5.42. The molecule has 0 spiro atoms. The third-order valence-corrected chi connectivity index (χ3v) is 4.08. The van der Waals surface area contributed by atoms with Gasteiger partial charge in [-0.05, 0) is 38.2 Å². The highest BCUT2D eigenvalue weighted by Crippen LogP contribution is 2.24. The number of hydrogen-bond donors (Lipinski definition) is 1. The van der Waals surface area contributed by atoms with Crippen LogP contribution < -0.4 is 10.2 Å². The van der Waals surface area contributed by atoms with Gasteiger partial charge in [0.25, 0.3) is 0 Å². The molecule has 1 aliphatic heterocycles. The standard InChI is InChI=1S/C16H28N4/c1-3-5-7-11-17-15-10-12-18-16(19-15)20-13-8-6-9-14(20)4-2/h10,12,14H,3-9,11,13H2,1-2H3,(H,17,18,19). The Hall–Kier alpha value is -1.32. The van der Waals surface area contributed by atoms with Crippen LogP contribution in [0.2, 0.25) is 0 Å². The fourth-order valence-corrected chi connectivity index (χ4v) is 2.87. The zero-order valence-electron chi connectivity index (χ0n) is 12.9. The van der Waals surface area contributed by atoms with Crippen molar-refractivity contribution in [3.05, 3.63) is 12.3 Å². The van der Waals surface area contributed by atoms with Gasteiger partial charge in [0.2, 0.25) is 5.95 Å². The minimum absolute atomic E-state index is 0.610. The summed E-state index contributed by atoms with van der Waals surface area (Å²) in [5.74, 6) is 1.86. The minimum atomic E-state index is 0.610. The molecule has 1 aliphatic rings. The van der Waals surface area contributed by atoms with Crippen molar-refractivity contribution < 1.29 is 0 Å². The van der Waals surface area contributed by atoms with Gasteiger partial charge >= 0.3 is 0 Å². The van der Waals surface area contributed by atoms with E-state index in [1.807, 2.05) is 12.3 Å². The fraction of sp³-hybridized carbons (Fsp3) is 0.750. The second kappa shape index (κ2) is 8.08. The number of anilines is 2. The molecule has 1 N–H and O–H groups in total. The predicted octanol–water partition coefficient (Wildman–Crippen LogP) is 3.85. The molecule has 20 heavy (non-hydrogen) atoms. The van der Waals surface area contributed by atoms with Gasteiger partial charge in [0.1, 0.15) is 5.82 Å². The first-order chi connectivity index (χ1) is 9.85. The summed E-state index contributed by atoms with van der Waals surface area (Å²) in [6.07, 6.45) is 10.7. The Bertz CT molecular complexity index is 394. The van der Waals surface area contributed by atoms with Crippen LogP contribution in [-0.2, 0) is 0 Å². The van der Waals surface area contributed by atoms with Crippen molar-refractivity contribution in [1.29, 1.82) is 0 Å². The van der Waals surface area contributed by atoms with Gasteiger partial charge in [-0.2, -0.15) is 4.98 Å². The van der Waals surface area contributed by atoms with E-state index in [1.165, 1.54) is 44.9 Å². The van der Waals surface area contributed by atoms with E-state index >= 15 is 0 Å². The highest BCUT2D eigenvalue weighted by atomic mass is 15.3. The van der Waals surface area contributed by atoms with Gasteiger partial charge in [-0.25, -0.2) is 4.98 Å². The van der Waals surface area contributed by atoms with Crippen LogP contribution in [0.25, 0.3) is 0 Å². The smallest absolute Gasteiger partial charge is 0.227 e. The zero-order chi connectivity index (χ0) is 14.2. The topological polar surface area (TPSA) is 41.1 Å². The van der Waals surface area contributed by atoms with Gasteiger partial charge in [-0.1, -0.05) is 26.7 Å². The molecule has 0 aromatic carbocycles. The average Bonchev–Trinajstić information content (AvgIpc) is 2.52. The fourth-order valence-electron chi connectivity index (χ4n) is 2.87. The van der Waals surface area contributed by atoms with E-state index in [9.17, 15) is 0 Å². The maximum atomic E-state index is 4.70. The van der Waals surface area contributed by atoms with Crippen LogP contribution in [0.1, 0.15) is 58.8 Å². The number of piperidine rings is 1. The van der Waals surface area contributed by atoms with Crippen molar-refractivity contribution in [3.63, 3.8) is 0 Å². The van der Waals surface area contributed by atoms with E-state index in [1.54, 1.807) is 0 Å². The van der Waals surface area contributed by atoms with Crippen LogP contribution in [0.4, 0.5) is 11.8 Å². The molecular weight excluding hydrogens is 248 g/mol. The normalized spacial score (nSPS) is 19.1. The van der Waals surface area contributed by atoms with Crippen molar-refractivity contribution in [3.8, 4) is 0 Å². The van der Waals surface area contributed by atoms with Crippen molar-refractivity contribution >= 4 is 11.8 Å². The van der Waals surface area contributed by atoms with Gasteiger partial charge in [0.05, 0.1) is 0 Å². The van der Waals surface area contributed by atoms with Crippen LogP contribution in [0.5, 0.6) is 0 Å². The Labute approximate surface area is 123 Å². The maximum Gasteiger partial charge on any atom is 0.227 e. The summed E-state index contributed by atoms with van der Waals surface area (Å²) >= 11 is 0. The van der Waals surface area contributed by atoms with Crippen molar-refractivity contribution in [2.24, 2.45) is 0 Å². The van der Waals surface area contributed by atoms with Gasteiger partial charge in [-0.15, -0.1) is 0 Å². The van der Waals surface area contributed by atoms with Crippen LogP contribution in [0.15, 0.2) is 12.3 Å². The summed E-state index contributed by atoms with van der Waals surface area (Å²) in [5, 5.41) is 3.41. The lowest BCUT2D eigenvalue weighted by molar-refractivity contribution is 0.443. The third kappa shape index (κ3) is 4.09. The lowest BCUT2D eigenvalue weighted by atomic mass is 10.0. The SMILES string of the molecule is CCCCCNc1ccnc(N2CCCCC2CC)n1. The number of nitrogens with one attached hydrogen (secondary N) is 1. The molecular formula is C16H28N4. The molecule has 1 atom stereocenters. The maximum absolute atomic E-state index is 4.70. The molecule has 112 valence electrons. The molecule has 0 aliphatic carbocycles. The number of rotatable bonds is 7. The molecule has 4 nitrogen and oxygen atoms in total. The van der Waals surface area contributed by atoms with Crippen LogP contribution in [0.3, 0.4) is 0 Å². The van der Waals surface area contributed by atoms with Gasteiger partial charge in [-0.3, -0.25) is 0 Å². The molecule has 1 fully saturated rings. The molecule has 2 rings (SSSR count). The van der Waals surface area contributed by atoms with E-state index in [-0.39, 0.29) is 0 Å². The Kier molecular flexibility index (Phi) is 6.09. The molecule has 0 saturated carbocycles. The van der Waals surface area contributed by atoms with Crippen LogP contribution in [-0.4, -0.2) is 29.1 Å². The lowest BCUT2D eigenvalue weighted by Gasteiger charge is -2.35. The van der Waals surface area contributed by atoms with E-state index < -0.39 is 0 Å². The predicted molar refractivity (Wildman–Crippen MR) is 85.3 cm³/mol. The van der Waals surface area contributed by atoms with Crippen LogP contribution >= 0.6 is 0 Å². The quantitative estimate of drug-likeness (QED) is 0.768. The van der Waals surface area contributed by atoms with Crippen molar-refractivity contribution in [1.82, 2.24) is 9.97 Å². The second-order valence-electron chi connectivity index (χ2n) is 5.63. The van der Waals surface area contributed by atoms with Crippen molar-refractivity contribution in [2.75, 3.05) is 23.3 Å². The molecule has 4 heteroatoms. The zero-order valence-corrected chi connectivity index (χ0v) is 12.9. The molecule has 0 bridgehead atoms. The number of unbranched alkanes of at least 4 members (excludes halogenated alkanes) is 2. The number of aromatic nitrogens is 2. The Morgan fingerprint density at radius 3 is 3.00 bits per heavy atom. The summed E-state index contributed by atoms with van der Waals surface area (Å²) in [6, 6.07) is 2.58. The van der Waals surface area contributed by atoms with Gasteiger partial charge < -0.3 is 10.2 Å². The van der Waals surface area contributed by atoms with Gasteiger partial charge in [0, 0.05) is 25.3 Å². The monoisotopic (exact) mass is 276 g/mol. The molecule has 1 unspecified atom stereocenters. The Morgan fingerprint density at radius 2 is 2.20 bits per heavy atom. The largest absolute Gasteiger partial charge is 0.370 e. The molecule has 1 aromatic rings. The van der Waals surface area contributed by atoms with E-state index in [0.717, 1.165) is 24.9 Å². The van der Waals surface area contributed by atoms with Crippen LogP contribution in [0, 0.1) is 0 Å². The number of hydrogen-bond acceptors (Lipinski definition) is 4. The number of nitrogens with zero attached hydrogens (tertiary/aromatic N) is 3. The lowest BCUT2D eigenvalue weighted by Crippen LogP contribution is -2.40. The first-order valence-corrected chi connectivity index (χ1v) is 8.18. The first kappa shape index (κ1) is 15.1. The molecule has 1 saturated heterocycles. The second-order valence-corrected chi connectivity index (χ2v) is 5.63. The Morgan fingerprint density at radius 1 is 1.30 bits per heavy atom. The molecule has 1 aromatic heterocycles. The minimum Gasteiger partial charge on any atom is -0.370 e. The Balaban J connectivity index is 1.97. The first-order valence-electron chi connectivity index (χ1n) is 8.18. The molecule has 0 amide bonds. The molecule has 0 radical (unpaired) electrons. The summed E-state index contributed by atoms with van der Waals surface area (Å²) < 4.78 is 0. The summed E-state index contributed by atoms with van der Waals surface area (Å²) in [4.78, 5) is 11.6. The molecule has 2 heterocycles. The average molecular weight is 276 g/mol. The van der Waals surface area contributed by atoms with Gasteiger partial charge in [0.15, 0.2) is 0 Å². The van der Waals surface area contributed by atoms with E-state index in [4.69, 9.17) is 4.98 Å². The summed E-state index contributed by atoms with van der Waals surface area (Å²) in [6.45, 7) is 6.58. The third-order valence-electron chi connectivity index (χ3n) is 4.08. The summed E-state index contributed by atoms with van der Waals surface area (Å²) in [7, 11) is 0. The van der Waals surface area contributed by atoms with Crippen molar-refractivity contribution in [2.45, 2.75) is 64.8 Å².